The van der Waals surface area contributed by atoms with Crippen LogP contribution in [0.25, 0.3) is 10.2 Å². The van der Waals surface area contributed by atoms with Crippen molar-refractivity contribution >= 4 is 44.9 Å². The minimum absolute atomic E-state index is 0.443. The molecule has 1 atom stereocenters. The van der Waals surface area contributed by atoms with Crippen LogP contribution in [0.3, 0.4) is 0 Å². The number of fused-ring (bicyclic) bond motifs is 1. The Kier molecular flexibility index (Phi) is 3.47. The van der Waals surface area contributed by atoms with Gasteiger partial charge in [-0.15, -0.1) is 22.9 Å². The van der Waals surface area contributed by atoms with E-state index in [0.29, 0.717) is 5.75 Å². The number of rotatable bonds is 3. The van der Waals surface area contributed by atoms with Crippen molar-refractivity contribution in [2.75, 3.05) is 5.75 Å². The molecule has 0 aliphatic carbocycles. The van der Waals surface area contributed by atoms with Crippen molar-refractivity contribution in [3.05, 3.63) is 24.3 Å². The van der Waals surface area contributed by atoms with Gasteiger partial charge in [0, 0.05) is 5.75 Å². The van der Waals surface area contributed by atoms with Crippen molar-refractivity contribution in [3.63, 3.8) is 0 Å². The first-order valence-corrected chi connectivity index (χ1v) is 6.55. The number of nitriles is 1. The van der Waals surface area contributed by atoms with E-state index in [1.807, 2.05) is 30.3 Å². The van der Waals surface area contributed by atoms with Gasteiger partial charge in [-0.1, -0.05) is 23.9 Å². The van der Waals surface area contributed by atoms with Gasteiger partial charge in [-0.3, -0.25) is 0 Å². The molecule has 1 unspecified atom stereocenters. The summed E-state index contributed by atoms with van der Waals surface area (Å²) in [7, 11) is 0. The fraction of sp³-hybridized carbons (Fsp3) is 0.200. The summed E-state index contributed by atoms with van der Waals surface area (Å²) in [5, 5.41) is 8.10. The topological polar surface area (TPSA) is 36.7 Å². The number of para-hydroxylation sites is 1. The van der Waals surface area contributed by atoms with Crippen LogP contribution in [-0.4, -0.2) is 16.1 Å². The summed E-state index contributed by atoms with van der Waals surface area (Å²) in [6.45, 7) is 0. The second-order valence-corrected chi connectivity index (χ2v) is 5.68. The first-order valence-electron chi connectivity index (χ1n) is 4.31. The van der Waals surface area contributed by atoms with Crippen LogP contribution >= 0.6 is 34.7 Å². The van der Waals surface area contributed by atoms with E-state index in [4.69, 9.17) is 16.9 Å². The minimum atomic E-state index is -0.443. The predicted octanol–water partition coefficient (Wildman–Crippen LogP) is 3.52. The normalized spacial score (nSPS) is 12.5. The number of nitrogens with zero attached hydrogens (tertiary/aromatic N) is 2. The van der Waals surface area contributed by atoms with Crippen LogP contribution in [-0.2, 0) is 0 Å². The van der Waals surface area contributed by atoms with E-state index in [2.05, 4.69) is 4.98 Å². The lowest BCUT2D eigenvalue weighted by molar-refractivity contribution is 1.23. The second kappa shape index (κ2) is 4.84. The third kappa shape index (κ3) is 2.63. The summed E-state index contributed by atoms with van der Waals surface area (Å²) in [6.07, 6.45) is 0. The molecule has 76 valence electrons. The summed E-state index contributed by atoms with van der Waals surface area (Å²) < 4.78 is 2.14. The number of hydrogen-bond acceptors (Lipinski definition) is 4. The first kappa shape index (κ1) is 10.7. The van der Waals surface area contributed by atoms with Crippen LogP contribution in [0.5, 0.6) is 0 Å². The van der Waals surface area contributed by atoms with Gasteiger partial charge in [0.05, 0.1) is 16.3 Å². The molecule has 0 fully saturated rings. The van der Waals surface area contributed by atoms with Gasteiger partial charge in [-0.25, -0.2) is 4.98 Å². The number of hydrogen-bond donors (Lipinski definition) is 0. The van der Waals surface area contributed by atoms with Crippen molar-refractivity contribution < 1.29 is 0 Å². The molecule has 5 heteroatoms. The SMILES string of the molecule is N#CC(Cl)CSc1nc2ccccc2s1. The van der Waals surface area contributed by atoms with Crippen molar-refractivity contribution in [3.8, 4) is 6.07 Å². The molecule has 0 radical (unpaired) electrons. The van der Waals surface area contributed by atoms with Crippen LogP contribution in [0.15, 0.2) is 28.6 Å². The van der Waals surface area contributed by atoms with Crippen molar-refractivity contribution in [2.45, 2.75) is 9.72 Å². The molecule has 0 spiro atoms. The molecule has 0 N–H and O–H groups in total. The van der Waals surface area contributed by atoms with Gasteiger partial charge >= 0.3 is 0 Å². The molecule has 15 heavy (non-hydrogen) atoms. The Morgan fingerprint density at radius 3 is 3.07 bits per heavy atom. The van der Waals surface area contributed by atoms with Crippen molar-refractivity contribution in [1.29, 1.82) is 5.26 Å². The van der Waals surface area contributed by atoms with Crippen molar-refractivity contribution in [2.24, 2.45) is 0 Å². The Hall–Kier alpha value is -0.760. The third-order valence-corrected chi connectivity index (χ3v) is 4.48. The maximum absolute atomic E-state index is 8.54. The average Bonchev–Trinajstić information content (AvgIpc) is 2.68. The highest BCUT2D eigenvalue weighted by Crippen LogP contribution is 2.29. The summed E-state index contributed by atoms with van der Waals surface area (Å²) >= 11 is 8.87. The zero-order valence-electron chi connectivity index (χ0n) is 7.68. The maximum atomic E-state index is 8.54. The molecule has 0 bridgehead atoms. The van der Waals surface area contributed by atoms with Gasteiger partial charge in [0.2, 0.25) is 0 Å². The molecule has 2 nitrogen and oxygen atoms in total. The Bertz CT molecular complexity index is 470. The molecule has 2 aromatic rings. The van der Waals surface area contributed by atoms with E-state index in [9.17, 15) is 0 Å². The van der Waals surface area contributed by atoms with Crippen LogP contribution in [0, 0.1) is 11.3 Å². The summed E-state index contributed by atoms with van der Waals surface area (Å²) in [4.78, 5) is 4.43. The van der Waals surface area contributed by atoms with Gasteiger partial charge < -0.3 is 0 Å². The molecule has 1 heterocycles. The zero-order valence-corrected chi connectivity index (χ0v) is 10.1. The zero-order chi connectivity index (χ0) is 10.7. The highest BCUT2D eigenvalue weighted by atomic mass is 35.5. The van der Waals surface area contributed by atoms with E-state index >= 15 is 0 Å². The van der Waals surface area contributed by atoms with Crippen LogP contribution in [0.1, 0.15) is 0 Å². The Morgan fingerprint density at radius 2 is 2.33 bits per heavy atom. The fourth-order valence-corrected chi connectivity index (χ4v) is 3.22. The number of benzene rings is 1. The van der Waals surface area contributed by atoms with Gasteiger partial charge in [0.25, 0.3) is 0 Å². The summed E-state index contributed by atoms with van der Waals surface area (Å²) in [5.74, 6) is 0.581. The predicted molar refractivity (Wildman–Crippen MR) is 65.6 cm³/mol. The van der Waals surface area contributed by atoms with E-state index < -0.39 is 5.38 Å². The first-order chi connectivity index (χ1) is 7.29. The fourth-order valence-electron chi connectivity index (χ4n) is 1.09. The lowest BCUT2D eigenvalue weighted by Gasteiger charge is -1.95. The number of aromatic nitrogens is 1. The van der Waals surface area contributed by atoms with Gasteiger partial charge in [-0.05, 0) is 12.1 Å². The van der Waals surface area contributed by atoms with Gasteiger partial charge in [0.1, 0.15) is 5.38 Å². The summed E-state index contributed by atoms with van der Waals surface area (Å²) in [5.41, 5.74) is 1.01. The monoisotopic (exact) mass is 254 g/mol. The van der Waals surface area contributed by atoms with Crippen molar-refractivity contribution in [1.82, 2.24) is 4.98 Å². The van der Waals surface area contributed by atoms with Gasteiger partial charge in [0.15, 0.2) is 4.34 Å². The molecule has 0 saturated heterocycles. The molecule has 0 amide bonds. The quantitative estimate of drug-likeness (QED) is 0.621. The minimum Gasteiger partial charge on any atom is -0.230 e. The van der Waals surface area contributed by atoms with E-state index in [1.165, 1.54) is 16.5 Å². The Balaban J connectivity index is 2.13. The Morgan fingerprint density at radius 1 is 1.53 bits per heavy atom. The largest absolute Gasteiger partial charge is 0.230 e. The third-order valence-electron chi connectivity index (χ3n) is 1.77. The van der Waals surface area contributed by atoms with Gasteiger partial charge in [-0.2, -0.15) is 5.26 Å². The highest BCUT2D eigenvalue weighted by Gasteiger charge is 2.07. The number of thioether (sulfide) groups is 1. The average molecular weight is 255 g/mol. The number of thiazole rings is 1. The Labute approximate surface area is 101 Å². The lowest BCUT2D eigenvalue weighted by atomic mass is 10.3. The molecule has 1 aromatic heterocycles. The number of alkyl halides is 1. The standard InChI is InChI=1S/C10H7ClN2S2/c11-7(5-12)6-14-10-13-8-3-1-2-4-9(8)15-10/h1-4,7H,6H2. The molecule has 1 aromatic carbocycles. The van der Waals surface area contributed by atoms with E-state index in [1.54, 1.807) is 11.3 Å². The van der Waals surface area contributed by atoms with Crippen LogP contribution in [0.2, 0.25) is 0 Å². The summed E-state index contributed by atoms with van der Waals surface area (Å²) in [6, 6.07) is 9.98. The molecule has 0 aliphatic rings. The molecular formula is C10H7ClN2S2. The van der Waals surface area contributed by atoms with E-state index in [0.717, 1.165) is 9.86 Å². The van der Waals surface area contributed by atoms with Crippen LogP contribution < -0.4 is 0 Å². The smallest absolute Gasteiger partial charge is 0.151 e. The molecular weight excluding hydrogens is 248 g/mol. The lowest BCUT2D eigenvalue weighted by Crippen LogP contribution is -1.96. The molecule has 0 aliphatic heterocycles. The maximum Gasteiger partial charge on any atom is 0.151 e. The second-order valence-electron chi connectivity index (χ2n) is 2.86. The highest BCUT2D eigenvalue weighted by molar-refractivity contribution is 8.01. The number of halogens is 1. The van der Waals surface area contributed by atoms with Crippen LogP contribution in [0.4, 0.5) is 0 Å². The molecule has 0 saturated carbocycles. The molecule has 2 rings (SSSR count). The van der Waals surface area contributed by atoms with E-state index in [-0.39, 0.29) is 0 Å².